The van der Waals surface area contributed by atoms with Crippen molar-refractivity contribution in [2.45, 2.75) is 25.4 Å². The van der Waals surface area contributed by atoms with Crippen LogP contribution in [0.2, 0.25) is 0 Å². The van der Waals surface area contributed by atoms with Crippen molar-refractivity contribution < 1.29 is 9.47 Å². The summed E-state index contributed by atoms with van der Waals surface area (Å²) in [7, 11) is 5.84. The topological polar surface area (TPSA) is 33.7 Å². The third kappa shape index (κ3) is 3.87. The van der Waals surface area contributed by atoms with Gasteiger partial charge in [-0.1, -0.05) is 12.1 Å². The molecule has 1 N–H and O–H groups in total. The van der Waals surface area contributed by atoms with E-state index in [1.165, 1.54) is 5.56 Å². The first-order chi connectivity index (χ1) is 9.74. The Labute approximate surface area is 122 Å². The highest BCUT2D eigenvalue weighted by atomic mass is 16.5. The zero-order valence-corrected chi connectivity index (χ0v) is 12.8. The standard InChI is InChI=1S/C16H26N2O2/c1-17-10-7-13-5-4-6-15(19-3)16(13)20-14-8-11-18(2)12-9-14/h4-6,14,17H,7-12H2,1-3H3. The van der Waals surface area contributed by atoms with Gasteiger partial charge in [0.1, 0.15) is 6.10 Å². The first-order valence-corrected chi connectivity index (χ1v) is 7.40. The van der Waals surface area contributed by atoms with Crippen molar-refractivity contribution in [2.24, 2.45) is 0 Å². The number of hydrogen-bond donors (Lipinski definition) is 1. The Morgan fingerprint density at radius 2 is 2.05 bits per heavy atom. The predicted octanol–water partition coefficient (Wildman–Crippen LogP) is 1.93. The molecule has 1 heterocycles. The Morgan fingerprint density at radius 1 is 1.30 bits per heavy atom. The Kier molecular flexibility index (Phi) is 5.68. The summed E-state index contributed by atoms with van der Waals surface area (Å²) in [6.45, 7) is 3.15. The van der Waals surface area contributed by atoms with Gasteiger partial charge in [-0.3, -0.25) is 0 Å². The SMILES string of the molecule is CNCCc1cccc(OC)c1OC1CCN(C)CC1. The van der Waals surface area contributed by atoms with Gasteiger partial charge in [-0.05, 0) is 51.5 Å². The maximum absolute atomic E-state index is 6.27. The third-order valence-electron chi connectivity index (χ3n) is 3.87. The summed E-state index contributed by atoms with van der Waals surface area (Å²) in [5.41, 5.74) is 1.22. The van der Waals surface area contributed by atoms with Gasteiger partial charge in [-0.25, -0.2) is 0 Å². The summed E-state index contributed by atoms with van der Waals surface area (Å²) in [5.74, 6) is 1.78. The van der Waals surface area contributed by atoms with Crippen LogP contribution in [0.15, 0.2) is 18.2 Å². The number of nitrogens with zero attached hydrogens (tertiary/aromatic N) is 1. The highest BCUT2D eigenvalue weighted by molar-refractivity contribution is 5.47. The van der Waals surface area contributed by atoms with E-state index in [-0.39, 0.29) is 0 Å². The van der Waals surface area contributed by atoms with Gasteiger partial charge in [0.15, 0.2) is 11.5 Å². The summed E-state index contributed by atoms with van der Waals surface area (Å²) in [4.78, 5) is 2.35. The molecule has 1 aromatic carbocycles. The van der Waals surface area contributed by atoms with E-state index in [1.807, 2.05) is 19.2 Å². The molecule has 0 amide bonds. The van der Waals surface area contributed by atoms with Gasteiger partial charge in [0.05, 0.1) is 7.11 Å². The Morgan fingerprint density at radius 3 is 2.70 bits per heavy atom. The third-order valence-corrected chi connectivity index (χ3v) is 3.87. The molecule has 1 aliphatic rings. The lowest BCUT2D eigenvalue weighted by Gasteiger charge is -2.30. The van der Waals surface area contributed by atoms with E-state index in [0.717, 1.165) is 50.4 Å². The molecule has 2 rings (SSSR count). The van der Waals surface area contributed by atoms with E-state index in [4.69, 9.17) is 9.47 Å². The molecular formula is C16H26N2O2. The molecule has 0 spiro atoms. The van der Waals surface area contributed by atoms with E-state index in [0.29, 0.717) is 6.10 Å². The van der Waals surface area contributed by atoms with Crippen molar-refractivity contribution >= 4 is 0 Å². The van der Waals surface area contributed by atoms with Crippen molar-refractivity contribution in [3.8, 4) is 11.5 Å². The summed E-state index contributed by atoms with van der Waals surface area (Å²) in [6.07, 6.45) is 3.42. The lowest BCUT2D eigenvalue weighted by molar-refractivity contribution is 0.110. The number of rotatable bonds is 6. The molecule has 4 heteroatoms. The predicted molar refractivity (Wildman–Crippen MR) is 81.8 cm³/mol. The minimum Gasteiger partial charge on any atom is -0.493 e. The van der Waals surface area contributed by atoms with Crippen LogP contribution in [0, 0.1) is 0 Å². The van der Waals surface area contributed by atoms with Crippen molar-refractivity contribution in [2.75, 3.05) is 40.8 Å². The number of piperidine rings is 1. The zero-order chi connectivity index (χ0) is 14.4. The highest BCUT2D eigenvalue weighted by Gasteiger charge is 2.21. The second-order valence-corrected chi connectivity index (χ2v) is 5.42. The largest absolute Gasteiger partial charge is 0.493 e. The van der Waals surface area contributed by atoms with E-state index < -0.39 is 0 Å². The molecule has 1 saturated heterocycles. The molecule has 0 atom stereocenters. The van der Waals surface area contributed by atoms with Gasteiger partial charge in [0.25, 0.3) is 0 Å². The monoisotopic (exact) mass is 278 g/mol. The maximum Gasteiger partial charge on any atom is 0.164 e. The van der Waals surface area contributed by atoms with Gasteiger partial charge in [0, 0.05) is 13.1 Å². The normalized spacial score (nSPS) is 17.1. The van der Waals surface area contributed by atoms with Gasteiger partial charge < -0.3 is 19.7 Å². The van der Waals surface area contributed by atoms with Crippen molar-refractivity contribution in [3.05, 3.63) is 23.8 Å². The van der Waals surface area contributed by atoms with Crippen LogP contribution in [-0.2, 0) is 6.42 Å². The summed E-state index contributed by atoms with van der Waals surface area (Å²) < 4.78 is 11.7. The summed E-state index contributed by atoms with van der Waals surface area (Å²) in [6, 6.07) is 6.14. The minimum absolute atomic E-state index is 0.302. The summed E-state index contributed by atoms with van der Waals surface area (Å²) in [5, 5.41) is 3.19. The van der Waals surface area contributed by atoms with Crippen molar-refractivity contribution in [1.82, 2.24) is 10.2 Å². The molecule has 1 aromatic rings. The van der Waals surface area contributed by atoms with Gasteiger partial charge in [0.2, 0.25) is 0 Å². The molecule has 0 bridgehead atoms. The molecule has 1 aliphatic heterocycles. The van der Waals surface area contributed by atoms with Crippen LogP contribution in [0.5, 0.6) is 11.5 Å². The van der Waals surface area contributed by atoms with E-state index >= 15 is 0 Å². The number of likely N-dealkylation sites (tertiary alicyclic amines) is 1. The van der Waals surface area contributed by atoms with Gasteiger partial charge >= 0.3 is 0 Å². The fourth-order valence-electron chi connectivity index (χ4n) is 2.58. The second kappa shape index (κ2) is 7.50. The molecule has 1 fully saturated rings. The molecular weight excluding hydrogens is 252 g/mol. The lowest BCUT2D eigenvalue weighted by atomic mass is 10.1. The smallest absolute Gasteiger partial charge is 0.164 e. The Balaban J connectivity index is 2.11. The fraction of sp³-hybridized carbons (Fsp3) is 0.625. The zero-order valence-electron chi connectivity index (χ0n) is 12.8. The highest BCUT2D eigenvalue weighted by Crippen LogP contribution is 2.33. The molecule has 20 heavy (non-hydrogen) atoms. The van der Waals surface area contributed by atoms with Gasteiger partial charge in [-0.15, -0.1) is 0 Å². The van der Waals surface area contributed by atoms with Crippen LogP contribution in [0.4, 0.5) is 0 Å². The van der Waals surface area contributed by atoms with Gasteiger partial charge in [-0.2, -0.15) is 0 Å². The van der Waals surface area contributed by atoms with Crippen molar-refractivity contribution in [3.63, 3.8) is 0 Å². The van der Waals surface area contributed by atoms with Crippen LogP contribution in [0.1, 0.15) is 18.4 Å². The number of nitrogens with one attached hydrogen (secondary N) is 1. The maximum atomic E-state index is 6.27. The van der Waals surface area contributed by atoms with E-state index in [2.05, 4.69) is 23.3 Å². The number of para-hydroxylation sites is 1. The first-order valence-electron chi connectivity index (χ1n) is 7.40. The number of hydrogen-bond acceptors (Lipinski definition) is 4. The quantitative estimate of drug-likeness (QED) is 0.862. The van der Waals surface area contributed by atoms with E-state index in [9.17, 15) is 0 Å². The second-order valence-electron chi connectivity index (χ2n) is 5.42. The molecule has 0 radical (unpaired) electrons. The van der Waals surface area contributed by atoms with Crippen LogP contribution in [0.3, 0.4) is 0 Å². The lowest BCUT2D eigenvalue weighted by Crippen LogP contribution is -2.35. The number of ether oxygens (including phenoxy) is 2. The fourth-order valence-corrected chi connectivity index (χ4v) is 2.58. The molecule has 112 valence electrons. The minimum atomic E-state index is 0.302. The van der Waals surface area contributed by atoms with Crippen molar-refractivity contribution in [1.29, 1.82) is 0 Å². The molecule has 4 nitrogen and oxygen atoms in total. The van der Waals surface area contributed by atoms with Crippen LogP contribution in [0.25, 0.3) is 0 Å². The van der Waals surface area contributed by atoms with E-state index in [1.54, 1.807) is 7.11 Å². The molecule has 0 aromatic heterocycles. The average Bonchev–Trinajstić information content (AvgIpc) is 2.48. The van der Waals surface area contributed by atoms with Crippen LogP contribution in [-0.4, -0.2) is 51.8 Å². The molecule has 0 saturated carbocycles. The number of likely N-dealkylation sites (N-methyl/N-ethyl adjacent to an activating group) is 1. The number of methoxy groups -OCH3 is 1. The Bertz CT molecular complexity index is 415. The van der Waals surface area contributed by atoms with Crippen LogP contribution >= 0.6 is 0 Å². The first kappa shape index (κ1) is 15.1. The number of benzene rings is 1. The Hall–Kier alpha value is -1.26. The van der Waals surface area contributed by atoms with Crippen LogP contribution < -0.4 is 14.8 Å². The summed E-state index contributed by atoms with van der Waals surface area (Å²) >= 11 is 0. The molecule has 0 aliphatic carbocycles. The average molecular weight is 278 g/mol. The molecule has 0 unspecified atom stereocenters.